The predicted octanol–water partition coefficient (Wildman–Crippen LogP) is 2.61. The lowest BCUT2D eigenvalue weighted by Crippen LogP contribution is -2.50. The van der Waals surface area contributed by atoms with Crippen molar-refractivity contribution in [2.24, 2.45) is 0 Å². The normalized spacial score (nSPS) is 18.0. The van der Waals surface area contributed by atoms with Crippen molar-refractivity contribution in [3.8, 4) is 0 Å². The second kappa shape index (κ2) is 7.38. The van der Waals surface area contributed by atoms with Gasteiger partial charge in [-0.05, 0) is 37.6 Å². The quantitative estimate of drug-likeness (QED) is 0.872. The zero-order valence-electron chi connectivity index (χ0n) is 14.6. The first-order valence-electron chi connectivity index (χ1n) is 8.55. The summed E-state index contributed by atoms with van der Waals surface area (Å²) in [5.74, 6) is -0.320. The maximum absolute atomic E-state index is 12.7. The van der Waals surface area contributed by atoms with Crippen LogP contribution in [-0.4, -0.2) is 33.9 Å². The van der Waals surface area contributed by atoms with Gasteiger partial charge in [0.15, 0.2) is 0 Å². The number of carbonyl (C=O) groups excluding carboxylic acids is 2. The highest BCUT2D eigenvalue weighted by molar-refractivity contribution is 5.95. The van der Waals surface area contributed by atoms with Crippen LogP contribution in [0.3, 0.4) is 0 Å². The van der Waals surface area contributed by atoms with E-state index in [4.69, 9.17) is 0 Å². The molecule has 0 radical (unpaired) electrons. The number of benzene rings is 1. The van der Waals surface area contributed by atoms with E-state index in [1.807, 2.05) is 60.5 Å². The highest BCUT2D eigenvalue weighted by Gasteiger charge is 2.30. The molecular formula is C20H23N3O2. The van der Waals surface area contributed by atoms with E-state index in [0.29, 0.717) is 6.54 Å². The van der Waals surface area contributed by atoms with Crippen LogP contribution in [0.4, 0.5) is 0 Å². The zero-order chi connectivity index (χ0) is 17.8. The zero-order valence-corrected chi connectivity index (χ0v) is 14.6. The minimum atomic E-state index is -0.558. The molecular weight excluding hydrogens is 314 g/mol. The summed E-state index contributed by atoms with van der Waals surface area (Å²) in [7, 11) is 0. The fourth-order valence-electron chi connectivity index (χ4n) is 3.19. The van der Waals surface area contributed by atoms with Crippen LogP contribution in [0.5, 0.6) is 0 Å². The fraction of sp³-hybridized carbons (Fsp3) is 0.300. The van der Waals surface area contributed by atoms with Gasteiger partial charge in [-0.3, -0.25) is 9.59 Å². The van der Waals surface area contributed by atoms with Crippen molar-refractivity contribution >= 4 is 17.9 Å². The summed E-state index contributed by atoms with van der Waals surface area (Å²) in [6.45, 7) is 5.19. The van der Waals surface area contributed by atoms with E-state index in [-0.39, 0.29) is 17.9 Å². The molecule has 3 rings (SSSR count). The number of hydrogen-bond donors (Lipinski definition) is 1. The molecule has 5 nitrogen and oxygen atoms in total. The Bertz CT molecular complexity index is 779. The first-order chi connectivity index (χ1) is 12.1. The van der Waals surface area contributed by atoms with Gasteiger partial charge in [-0.2, -0.15) is 0 Å². The van der Waals surface area contributed by atoms with Crippen molar-refractivity contribution in [2.45, 2.75) is 32.5 Å². The second-order valence-electron chi connectivity index (χ2n) is 6.31. The van der Waals surface area contributed by atoms with Gasteiger partial charge in [-0.1, -0.05) is 30.3 Å². The Morgan fingerprint density at radius 1 is 1.16 bits per heavy atom. The lowest BCUT2D eigenvalue weighted by atomic mass is 10.1. The molecule has 2 aromatic rings. The van der Waals surface area contributed by atoms with E-state index in [1.165, 1.54) is 6.08 Å². The lowest BCUT2D eigenvalue weighted by molar-refractivity contribution is -0.138. The van der Waals surface area contributed by atoms with Gasteiger partial charge in [0, 0.05) is 31.1 Å². The minimum Gasteiger partial charge on any atom is -0.348 e. The number of carbonyl (C=O) groups is 2. The SMILES string of the molecule is C[C@H](NC(=O)/C=C\c1ccccc1)C(=O)N1CCn2cccc2[C@@H]1C. The predicted molar refractivity (Wildman–Crippen MR) is 97.6 cm³/mol. The molecule has 1 aliphatic heterocycles. The van der Waals surface area contributed by atoms with Crippen LogP contribution in [0.15, 0.2) is 54.7 Å². The molecule has 0 fully saturated rings. The monoisotopic (exact) mass is 337 g/mol. The van der Waals surface area contributed by atoms with E-state index in [1.54, 1.807) is 13.0 Å². The van der Waals surface area contributed by atoms with Gasteiger partial charge in [0.1, 0.15) is 6.04 Å². The Morgan fingerprint density at radius 2 is 1.92 bits per heavy atom. The van der Waals surface area contributed by atoms with Crippen LogP contribution in [-0.2, 0) is 16.1 Å². The van der Waals surface area contributed by atoms with Gasteiger partial charge >= 0.3 is 0 Å². The van der Waals surface area contributed by atoms with Crippen molar-refractivity contribution in [3.63, 3.8) is 0 Å². The molecule has 0 bridgehead atoms. The van der Waals surface area contributed by atoms with Crippen molar-refractivity contribution in [3.05, 3.63) is 66.0 Å². The molecule has 25 heavy (non-hydrogen) atoms. The molecule has 1 aromatic carbocycles. The summed E-state index contributed by atoms with van der Waals surface area (Å²) >= 11 is 0. The van der Waals surface area contributed by atoms with Crippen molar-refractivity contribution in [1.29, 1.82) is 0 Å². The number of hydrogen-bond acceptors (Lipinski definition) is 2. The number of nitrogens with one attached hydrogen (secondary N) is 1. The van der Waals surface area contributed by atoms with Crippen molar-refractivity contribution < 1.29 is 9.59 Å². The molecule has 1 N–H and O–H groups in total. The third-order valence-corrected chi connectivity index (χ3v) is 4.58. The van der Waals surface area contributed by atoms with Crippen LogP contribution >= 0.6 is 0 Å². The molecule has 1 aromatic heterocycles. The van der Waals surface area contributed by atoms with E-state index < -0.39 is 6.04 Å². The molecule has 2 amide bonds. The summed E-state index contributed by atoms with van der Waals surface area (Å²) < 4.78 is 2.17. The van der Waals surface area contributed by atoms with E-state index in [0.717, 1.165) is 17.8 Å². The molecule has 130 valence electrons. The van der Waals surface area contributed by atoms with E-state index in [2.05, 4.69) is 9.88 Å². The van der Waals surface area contributed by atoms with Gasteiger partial charge in [0.2, 0.25) is 11.8 Å². The van der Waals surface area contributed by atoms with Crippen molar-refractivity contribution in [2.75, 3.05) is 6.54 Å². The number of amides is 2. The molecule has 0 saturated heterocycles. The number of fused-ring (bicyclic) bond motifs is 1. The van der Waals surface area contributed by atoms with Crippen LogP contribution in [0.2, 0.25) is 0 Å². The topological polar surface area (TPSA) is 54.3 Å². The highest BCUT2D eigenvalue weighted by Crippen LogP contribution is 2.25. The maximum Gasteiger partial charge on any atom is 0.245 e. The Labute approximate surface area is 147 Å². The van der Waals surface area contributed by atoms with Crippen LogP contribution in [0, 0.1) is 0 Å². The molecule has 0 unspecified atom stereocenters. The average Bonchev–Trinajstić information content (AvgIpc) is 3.10. The Kier molecular flexibility index (Phi) is 5.03. The van der Waals surface area contributed by atoms with Gasteiger partial charge < -0.3 is 14.8 Å². The summed E-state index contributed by atoms with van der Waals surface area (Å²) in [6, 6.07) is 13.1. The lowest BCUT2D eigenvalue weighted by Gasteiger charge is -2.36. The van der Waals surface area contributed by atoms with E-state index >= 15 is 0 Å². The van der Waals surface area contributed by atoms with Crippen molar-refractivity contribution in [1.82, 2.24) is 14.8 Å². The Hall–Kier alpha value is -2.82. The number of rotatable bonds is 4. The Balaban J connectivity index is 1.59. The number of aromatic nitrogens is 1. The van der Waals surface area contributed by atoms with E-state index in [9.17, 15) is 9.59 Å². The summed E-state index contributed by atoms with van der Waals surface area (Å²) in [5.41, 5.74) is 2.07. The van der Waals surface area contributed by atoms with Crippen LogP contribution in [0.25, 0.3) is 6.08 Å². The molecule has 0 aliphatic carbocycles. The van der Waals surface area contributed by atoms with Gasteiger partial charge in [-0.25, -0.2) is 0 Å². The standard InChI is InChI=1S/C20H23N3O2/c1-15(21-19(24)11-10-17-7-4-3-5-8-17)20(25)23-14-13-22-12-6-9-18(22)16(23)2/h3-12,15-16H,13-14H2,1-2H3,(H,21,24)/b11-10-/t15-,16-/m0/s1. The summed E-state index contributed by atoms with van der Waals surface area (Å²) in [6.07, 6.45) is 5.24. The first-order valence-corrected chi connectivity index (χ1v) is 8.55. The highest BCUT2D eigenvalue weighted by atomic mass is 16.2. The third-order valence-electron chi connectivity index (χ3n) is 4.58. The minimum absolute atomic E-state index is 0.00969. The van der Waals surface area contributed by atoms with Crippen LogP contribution < -0.4 is 5.32 Å². The average molecular weight is 337 g/mol. The smallest absolute Gasteiger partial charge is 0.245 e. The fourth-order valence-corrected chi connectivity index (χ4v) is 3.19. The molecule has 5 heteroatoms. The first kappa shape index (κ1) is 17.0. The Morgan fingerprint density at radius 3 is 2.68 bits per heavy atom. The largest absolute Gasteiger partial charge is 0.348 e. The third kappa shape index (κ3) is 3.82. The molecule has 2 atom stereocenters. The van der Waals surface area contributed by atoms with Gasteiger partial charge in [0.05, 0.1) is 6.04 Å². The maximum atomic E-state index is 12.7. The molecule has 0 spiro atoms. The molecule has 2 heterocycles. The second-order valence-corrected chi connectivity index (χ2v) is 6.31. The van der Waals surface area contributed by atoms with Gasteiger partial charge in [-0.15, -0.1) is 0 Å². The van der Waals surface area contributed by atoms with Crippen LogP contribution in [0.1, 0.15) is 31.1 Å². The molecule has 1 aliphatic rings. The molecule has 0 saturated carbocycles. The summed E-state index contributed by atoms with van der Waals surface area (Å²) in [5, 5.41) is 2.76. The van der Waals surface area contributed by atoms with Gasteiger partial charge in [0.25, 0.3) is 0 Å². The summed E-state index contributed by atoms with van der Waals surface area (Å²) in [4.78, 5) is 26.6. The number of nitrogens with zero attached hydrogens (tertiary/aromatic N) is 2.